The standard InChI is InChI=1S/C8H20N2O2S/c1-7(9-13(5,11)12)6-8(2)10(3)4/h7-9H,6H2,1-5H3. The van der Waals surface area contributed by atoms with Crippen LogP contribution in [0, 0.1) is 0 Å². The van der Waals surface area contributed by atoms with Crippen molar-refractivity contribution in [1.29, 1.82) is 0 Å². The highest BCUT2D eigenvalue weighted by Crippen LogP contribution is 2.03. The van der Waals surface area contributed by atoms with Crippen molar-refractivity contribution in [2.45, 2.75) is 32.4 Å². The molecule has 0 aromatic rings. The number of nitrogens with zero attached hydrogens (tertiary/aromatic N) is 1. The van der Waals surface area contributed by atoms with E-state index in [1.54, 1.807) is 0 Å². The molecule has 0 aliphatic carbocycles. The maximum Gasteiger partial charge on any atom is 0.208 e. The molecule has 2 unspecified atom stereocenters. The van der Waals surface area contributed by atoms with Crippen molar-refractivity contribution in [1.82, 2.24) is 9.62 Å². The van der Waals surface area contributed by atoms with Gasteiger partial charge in [0.2, 0.25) is 10.0 Å². The number of nitrogens with one attached hydrogen (secondary N) is 1. The molecule has 80 valence electrons. The number of hydrogen-bond donors (Lipinski definition) is 1. The number of hydrogen-bond acceptors (Lipinski definition) is 3. The second-order valence-electron chi connectivity index (χ2n) is 3.84. The van der Waals surface area contributed by atoms with Crippen LogP contribution in [0.25, 0.3) is 0 Å². The van der Waals surface area contributed by atoms with E-state index in [2.05, 4.69) is 16.5 Å². The van der Waals surface area contributed by atoms with Gasteiger partial charge in [-0.2, -0.15) is 0 Å². The topological polar surface area (TPSA) is 49.4 Å². The average Bonchev–Trinajstić information content (AvgIpc) is 1.81. The number of sulfonamides is 1. The first-order chi connectivity index (χ1) is 5.72. The van der Waals surface area contributed by atoms with Gasteiger partial charge in [0.1, 0.15) is 0 Å². The minimum Gasteiger partial charge on any atom is -0.307 e. The van der Waals surface area contributed by atoms with Crippen molar-refractivity contribution in [3.63, 3.8) is 0 Å². The predicted molar refractivity (Wildman–Crippen MR) is 55.2 cm³/mol. The van der Waals surface area contributed by atoms with E-state index < -0.39 is 10.0 Å². The Bertz CT molecular complexity index is 237. The fourth-order valence-corrected chi connectivity index (χ4v) is 1.96. The number of rotatable bonds is 5. The van der Waals surface area contributed by atoms with Gasteiger partial charge in [-0.05, 0) is 34.4 Å². The van der Waals surface area contributed by atoms with Gasteiger partial charge in [0, 0.05) is 12.1 Å². The van der Waals surface area contributed by atoms with Crippen molar-refractivity contribution in [3.8, 4) is 0 Å². The lowest BCUT2D eigenvalue weighted by Gasteiger charge is -2.23. The molecule has 1 N–H and O–H groups in total. The van der Waals surface area contributed by atoms with E-state index in [4.69, 9.17) is 0 Å². The van der Waals surface area contributed by atoms with Crippen LogP contribution >= 0.6 is 0 Å². The van der Waals surface area contributed by atoms with Crippen LogP contribution in [0.1, 0.15) is 20.3 Å². The van der Waals surface area contributed by atoms with Crippen molar-refractivity contribution >= 4 is 10.0 Å². The van der Waals surface area contributed by atoms with Crippen LogP contribution in [0.2, 0.25) is 0 Å². The SMILES string of the molecule is CC(CC(C)N(C)C)NS(C)(=O)=O. The van der Waals surface area contributed by atoms with Gasteiger partial charge in [-0.25, -0.2) is 13.1 Å². The summed E-state index contributed by atoms with van der Waals surface area (Å²) < 4.78 is 24.3. The molecule has 0 amide bonds. The molecule has 0 bridgehead atoms. The lowest BCUT2D eigenvalue weighted by atomic mass is 10.1. The Balaban J connectivity index is 3.95. The zero-order valence-corrected chi connectivity index (χ0v) is 9.85. The molecule has 4 nitrogen and oxygen atoms in total. The summed E-state index contributed by atoms with van der Waals surface area (Å²) in [6.07, 6.45) is 2.00. The second kappa shape index (κ2) is 4.93. The molecule has 0 aliphatic heterocycles. The zero-order chi connectivity index (χ0) is 10.6. The first-order valence-corrected chi connectivity index (χ1v) is 6.25. The summed E-state index contributed by atoms with van der Waals surface area (Å²) >= 11 is 0. The van der Waals surface area contributed by atoms with Crippen LogP contribution < -0.4 is 4.72 Å². The monoisotopic (exact) mass is 208 g/mol. The Hall–Kier alpha value is -0.130. The van der Waals surface area contributed by atoms with E-state index in [1.165, 1.54) is 6.26 Å². The molecule has 0 heterocycles. The lowest BCUT2D eigenvalue weighted by Crippen LogP contribution is -2.37. The van der Waals surface area contributed by atoms with E-state index in [0.29, 0.717) is 6.04 Å². The maximum atomic E-state index is 10.9. The highest BCUT2D eigenvalue weighted by molar-refractivity contribution is 7.88. The van der Waals surface area contributed by atoms with Gasteiger partial charge in [0.15, 0.2) is 0 Å². The third-order valence-corrected chi connectivity index (χ3v) is 2.82. The highest BCUT2D eigenvalue weighted by atomic mass is 32.2. The van der Waals surface area contributed by atoms with Gasteiger partial charge in [0.25, 0.3) is 0 Å². The smallest absolute Gasteiger partial charge is 0.208 e. The van der Waals surface area contributed by atoms with Gasteiger partial charge in [-0.1, -0.05) is 0 Å². The molecule has 0 spiro atoms. The van der Waals surface area contributed by atoms with E-state index in [0.717, 1.165) is 6.42 Å². The second-order valence-corrected chi connectivity index (χ2v) is 5.62. The summed E-state index contributed by atoms with van der Waals surface area (Å²) in [6.45, 7) is 3.95. The van der Waals surface area contributed by atoms with Gasteiger partial charge in [-0.15, -0.1) is 0 Å². The maximum absolute atomic E-state index is 10.9. The van der Waals surface area contributed by atoms with E-state index in [9.17, 15) is 8.42 Å². The van der Waals surface area contributed by atoms with Crippen molar-refractivity contribution in [2.24, 2.45) is 0 Å². The third-order valence-electron chi connectivity index (χ3n) is 1.99. The average molecular weight is 208 g/mol. The van der Waals surface area contributed by atoms with Gasteiger partial charge in [0.05, 0.1) is 6.26 Å². The molecule has 0 aromatic carbocycles. The van der Waals surface area contributed by atoms with Crippen molar-refractivity contribution in [2.75, 3.05) is 20.4 Å². The Kier molecular flexibility index (Phi) is 4.88. The molecule has 0 aliphatic rings. The summed E-state index contributed by atoms with van der Waals surface area (Å²) in [5.41, 5.74) is 0. The molecule has 0 radical (unpaired) electrons. The largest absolute Gasteiger partial charge is 0.307 e. The fourth-order valence-electron chi connectivity index (χ4n) is 1.14. The van der Waals surface area contributed by atoms with Crippen LogP contribution in [0.15, 0.2) is 0 Å². The van der Waals surface area contributed by atoms with E-state index in [-0.39, 0.29) is 6.04 Å². The van der Waals surface area contributed by atoms with Crippen molar-refractivity contribution in [3.05, 3.63) is 0 Å². The summed E-state index contributed by atoms with van der Waals surface area (Å²) in [5.74, 6) is 0. The molecule has 13 heavy (non-hydrogen) atoms. The molecule has 5 heteroatoms. The molecule has 0 fully saturated rings. The minimum absolute atomic E-state index is 0.00704. The van der Waals surface area contributed by atoms with Gasteiger partial charge < -0.3 is 4.90 Å². The Morgan fingerprint density at radius 3 is 2.08 bits per heavy atom. The van der Waals surface area contributed by atoms with Crippen LogP contribution in [0.5, 0.6) is 0 Å². The van der Waals surface area contributed by atoms with Crippen LogP contribution in [-0.2, 0) is 10.0 Å². The summed E-state index contributed by atoms with van der Waals surface area (Å²) in [7, 11) is 0.905. The minimum atomic E-state index is -3.06. The van der Waals surface area contributed by atoms with Crippen LogP contribution in [0.4, 0.5) is 0 Å². The highest BCUT2D eigenvalue weighted by Gasteiger charge is 2.13. The van der Waals surface area contributed by atoms with Crippen LogP contribution in [-0.4, -0.2) is 45.8 Å². The van der Waals surface area contributed by atoms with Crippen molar-refractivity contribution < 1.29 is 8.42 Å². The molecule has 0 aromatic heterocycles. The Morgan fingerprint density at radius 2 is 1.77 bits per heavy atom. The molecule has 0 saturated carbocycles. The lowest BCUT2D eigenvalue weighted by molar-refractivity contribution is 0.283. The van der Waals surface area contributed by atoms with Gasteiger partial charge in [-0.3, -0.25) is 0 Å². The van der Waals surface area contributed by atoms with Gasteiger partial charge >= 0.3 is 0 Å². The van der Waals surface area contributed by atoms with Crippen LogP contribution in [0.3, 0.4) is 0 Å². The molecule has 0 saturated heterocycles. The first-order valence-electron chi connectivity index (χ1n) is 4.36. The third kappa shape index (κ3) is 6.98. The zero-order valence-electron chi connectivity index (χ0n) is 9.03. The summed E-state index contributed by atoms with van der Waals surface area (Å²) in [6, 6.07) is 0.372. The van der Waals surface area contributed by atoms with E-state index in [1.807, 2.05) is 21.0 Å². The molecule has 0 rings (SSSR count). The fraction of sp³-hybridized carbons (Fsp3) is 1.00. The first kappa shape index (κ1) is 12.9. The Morgan fingerprint density at radius 1 is 1.31 bits per heavy atom. The quantitative estimate of drug-likeness (QED) is 0.705. The molecule has 2 atom stereocenters. The molecular weight excluding hydrogens is 188 g/mol. The summed E-state index contributed by atoms with van der Waals surface area (Å²) in [5, 5.41) is 0. The predicted octanol–water partition coefficient (Wildman–Crippen LogP) is 0.264. The Labute approximate surface area is 81.4 Å². The summed E-state index contributed by atoms with van der Waals surface area (Å²) in [4.78, 5) is 2.07. The van der Waals surface area contributed by atoms with E-state index >= 15 is 0 Å². The molecular formula is C8H20N2O2S. The normalized spacial score (nSPS) is 17.4.